The summed E-state index contributed by atoms with van der Waals surface area (Å²) in [4.78, 5) is 24.4. The van der Waals surface area contributed by atoms with Crippen LogP contribution in [0.1, 0.15) is 46.1 Å². The van der Waals surface area contributed by atoms with Crippen LogP contribution >= 0.6 is 0 Å². The Hall–Kier alpha value is -3.47. The number of carbonyl (C=O) groups excluding carboxylic acids is 2. The van der Waals surface area contributed by atoms with Crippen molar-refractivity contribution < 1.29 is 23.8 Å². The normalized spacial score (nSPS) is 16.5. The number of ether oxygens (including phenoxy) is 3. The second-order valence-corrected chi connectivity index (χ2v) is 7.77. The van der Waals surface area contributed by atoms with Gasteiger partial charge in [-0.05, 0) is 52.3 Å². The number of esters is 1. The Bertz CT molecular complexity index is 918. The lowest BCUT2D eigenvalue weighted by Gasteiger charge is -2.27. The summed E-state index contributed by atoms with van der Waals surface area (Å²) < 4.78 is 16.1. The zero-order chi connectivity index (χ0) is 22.5. The molecule has 1 amide bonds. The Morgan fingerprint density at radius 2 is 1.90 bits per heavy atom. The Balaban J connectivity index is 2.27. The van der Waals surface area contributed by atoms with E-state index in [9.17, 15) is 14.9 Å². The number of carbonyl (C=O) groups is 2. The zero-order valence-corrected chi connectivity index (χ0v) is 17.9. The van der Waals surface area contributed by atoms with Crippen LogP contribution in [-0.4, -0.2) is 30.6 Å². The summed E-state index contributed by atoms with van der Waals surface area (Å²) in [7, 11) is 0. The van der Waals surface area contributed by atoms with Crippen LogP contribution in [-0.2, 0) is 19.1 Å². The number of amides is 1. The summed E-state index contributed by atoms with van der Waals surface area (Å²) in [6.07, 6.45) is 0. The van der Waals surface area contributed by atoms with Crippen LogP contribution < -0.4 is 15.8 Å². The standard InChI is InChI=1S/C22H27N3O5/c1-6-28-21(27)18-13(2)30-20(24)16(11-23)19(18)14-7-9-15(10-8-14)29-12-17(26)25-22(3,4)5/h7-10,19H,6,12,24H2,1-5H3,(H,25,26). The molecule has 1 aromatic rings. The molecule has 0 bridgehead atoms. The minimum Gasteiger partial charge on any atom is -0.484 e. The van der Waals surface area contributed by atoms with Gasteiger partial charge in [-0.1, -0.05) is 12.1 Å². The van der Waals surface area contributed by atoms with Crippen LogP contribution in [0.5, 0.6) is 5.75 Å². The molecule has 160 valence electrons. The van der Waals surface area contributed by atoms with Crippen molar-refractivity contribution >= 4 is 11.9 Å². The van der Waals surface area contributed by atoms with Crippen LogP contribution in [0.3, 0.4) is 0 Å². The van der Waals surface area contributed by atoms with Gasteiger partial charge in [0, 0.05) is 5.54 Å². The zero-order valence-electron chi connectivity index (χ0n) is 17.9. The summed E-state index contributed by atoms with van der Waals surface area (Å²) in [5, 5.41) is 12.4. The molecule has 8 nitrogen and oxygen atoms in total. The molecule has 0 radical (unpaired) electrons. The van der Waals surface area contributed by atoms with Crippen molar-refractivity contribution in [3.8, 4) is 11.8 Å². The molecule has 1 unspecified atom stereocenters. The predicted octanol–water partition coefficient (Wildman–Crippen LogP) is 2.62. The number of hydrogen-bond donors (Lipinski definition) is 2. The van der Waals surface area contributed by atoms with E-state index in [0.29, 0.717) is 11.3 Å². The molecule has 1 heterocycles. The van der Waals surface area contributed by atoms with Crippen molar-refractivity contribution in [2.45, 2.75) is 46.1 Å². The van der Waals surface area contributed by atoms with Crippen molar-refractivity contribution in [3.05, 3.63) is 52.6 Å². The first-order valence-corrected chi connectivity index (χ1v) is 9.56. The van der Waals surface area contributed by atoms with Gasteiger partial charge in [0.1, 0.15) is 23.2 Å². The number of benzene rings is 1. The number of rotatable bonds is 6. The van der Waals surface area contributed by atoms with Crippen molar-refractivity contribution in [1.82, 2.24) is 5.32 Å². The Kier molecular flexibility index (Phi) is 7.11. The van der Waals surface area contributed by atoms with Gasteiger partial charge < -0.3 is 25.3 Å². The van der Waals surface area contributed by atoms with E-state index in [2.05, 4.69) is 5.32 Å². The molecular weight excluding hydrogens is 386 g/mol. The van der Waals surface area contributed by atoms with Crippen LogP contribution in [0.15, 0.2) is 47.1 Å². The van der Waals surface area contributed by atoms with Crippen LogP contribution in [0.2, 0.25) is 0 Å². The van der Waals surface area contributed by atoms with Crippen LogP contribution in [0.4, 0.5) is 0 Å². The first kappa shape index (κ1) is 22.8. The lowest BCUT2D eigenvalue weighted by atomic mass is 9.83. The largest absolute Gasteiger partial charge is 0.484 e. The molecule has 2 rings (SSSR count). The second-order valence-electron chi connectivity index (χ2n) is 7.77. The van der Waals surface area contributed by atoms with Gasteiger partial charge in [-0.2, -0.15) is 5.26 Å². The summed E-state index contributed by atoms with van der Waals surface area (Å²) >= 11 is 0. The first-order valence-electron chi connectivity index (χ1n) is 9.56. The van der Waals surface area contributed by atoms with E-state index in [1.54, 1.807) is 38.1 Å². The highest BCUT2D eigenvalue weighted by Gasteiger charge is 2.36. The summed E-state index contributed by atoms with van der Waals surface area (Å²) in [6.45, 7) is 9.02. The topological polar surface area (TPSA) is 124 Å². The maximum atomic E-state index is 12.5. The van der Waals surface area contributed by atoms with E-state index in [1.807, 2.05) is 26.8 Å². The van der Waals surface area contributed by atoms with E-state index >= 15 is 0 Å². The highest BCUT2D eigenvalue weighted by atomic mass is 16.5. The molecule has 1 aromatic carbocycles. The van der Waals surface area contributed by atoms with E-state index in [4.69, 9.17) is 19.9 Å². The lowest BCUT2D eigenvalue weighted by molar-refractivity contribution is -0.139. The first-order chi connectivity index (χ1) is 14.1. The van der Waals surface area contributed by atoms with Gasteiger partial charge in [-0.25, -0.2) is 4.79 Å². The third kappa shape index (κ3) is 5.54. The van der Waals surface area contributed by atoms with E-state index in [1.165, 1.54) is 0 Å². The number of nitrogens with one attached hydrogen (secondary N) is 1. The SMILES string of the molecule is CCOC(=O)C1=C(C)OC(N)=C(C#N)C1c1ccc(OCC(=O)NC(C)(C)C)cc1. The Labute approximate surface area is 176 Å². The number of allylic oxidation sites excluding steroid dienone is 2. The molecule has 1 atom stereocenters. The molecular formula is C22H27N3O5. The highest BCUT2D eigenvalue weighted by molar-refractivity contribution is 5.92. The summed E-state index contributed by atoms with van der Waals surface area (Å²) in [6, 6.07) is 8.78. The fraction of sp³-hybridized carbons (Fsp3) is 0.409. The minimum absolute atomic E-state index is 0.0489. The number of nitriles is 1. The minimum atomic E-state index is -0.721. The van der Waals surface area contributed by atoms with Crippen molar-refractivity contribution in [1.29, 1.82) is 5.26 Å². The predicted molar refractivity (Wildman–Crippen MR) is 110 cm³/mol. The van der Waals surface area contributed by atoms with Crippen LogP contribution in [0, 0.1) is 11.3 Å². The summed E-state index contributed by atoms with van der Waals surface area (Å²) in [5.41, 5.74) is 6.53. The maximum Gasteiger partial charge on any atom is 0.338 e. The molecule has 0 aromatic heterocycles. The van der Waals surface area contributed by atoms with Gasteiger partial charge >= 0.3 is 5.97 Å². The number of hydrogen-bond acceptors (Lipinski definition) is 7. The Morgan fingerprint density at radius 1 is 1.27 bits per heavy atom. The third-order valence-corrected chi connectivity index (χ3v) is 4.20. The summed E-state index contributed by atoms with van der Waals surface area (Å²) in [5.74, 6) is -0.813. The maximum absolute atomic E-state index is 12.5. The number of nitrogens with zero attached hydrogens (tertiary/aromatic N) is 1. The molecule has 0 saturated carbocycles. The molecule has 1 aliphatic rings. The van der Waals surface area contributed by atoms with Gasteiger partial charge in [0.05, 0.1) is 18.1 Å². The van der Waals surface area contributed by atoms with Gasteiger partial charge in [0.25, 0.3) is 5.91 Å². The molecule has 1 aliphatic heterocycles. The van der Waals surface area contributed by atoms with Crippen LogP contribution in [0.25, 0.3) is 0 Å². The van der Waals surface area contributed by atoms with E-state index in [0.717, 1.165) is 0 Å². The van der Waals surface area contributed by atoms with Gasteiger partial charge in [-0.15, -0.1) is 0 Å². The van der Waals surface area contributed by atoms with E-state index in [-0.39, 0.29) is 47.4 Å². The lowest BCUT2D eigenvalue weighted by Crippen LogP contribution is -2.43. The monoisotopic (exact) mass is 413 g/mol. The van der Waals surface area contributed by atoms with Crippen molar-refractivity contribution in [2.75, 3.05) is 13.2 Å². The van der Waals surface area contributed by atoms with Crippen molar-refractivity contribution in [3.63, 3.8) is 0 Å². The van der Waals surface area contributed by atoms with Gasteiger partial charge in [-0.3, -0.25) is 4.79 Å². The molecule has 30 heavy (non-hydrogen) atoms. The highest BCUT2D eigenvalue weighted by Crippen LogP contribution is 2.39. The fourth-order valence-corrected chi connectivity index (χ4v) is 3.05. The van der Waals surface area contributed by atoms with Gasteiger partial charge in [0.15, 0.2) is 6.61 Å². The average Bonchev–Trinajstić information content (AvgIpc) is 2.65. The van der Waals surface area contributed by atoms with Gasteiger partial charge in [0.2, 0.25) is 5.88 Å². The molecule has 0 fully saturated rings. The molecule has 0 aliphatic carbocycles. The second kappa shape index (κ2) is 9.35. The third-order valence-electron chi connectivity index (χ3n) is 4.20. The fourth-order valence-electron chi connectivity index (χ4n) is 3.05. The smallest absolute Gasteiger partial charge is 0.338 e. The van der Waals surface area contributed by atoms with Crippen molar-refractivity contribution in [2.24, 2.45) is 5.73 Å². The number of nitrogens with two attached hydrogens (primary N) is 1. The molecule has 0 spiro atoms. The van der Waals surface area contributed by atoms with E-state index < -0.39 is 11.9 Å². The molecule has 0 saturated heterocycles. The molecule has 3 N–H and O–H groups in total. The average molecular weight is 413 g/mol. The Morgan fingerprint density at radius 3 is 2.43 bits per heavy atom. The quantitative estimate of drug-likeness (QED) is 0.687. The molecule has 8 heteroatoms.